The number of ether oxygens (including phenoxy) is 1. The molecule has 1 aliphatic rings. The molecule has 1 aliphatic carbocycles. The van der Waals surface area contributed by atoms with Gasteiger partial charge >= 0.3 is 6.61 Å². The van der Waals surface area contributed by atoms with E-state index in [0.29, 0.717) is 11.5 Å². The molecule has 0 saturated heterocycles. The van der Waals surface area contributed by atoms with Gasteiger partial charge in [0.2, 0.25) is 0 Å². The molecule has 2 heterocycles. The molecule has 0 unspecified atom stereocenters. The van der Waals surface area contributed by atoms with Gasteiger partial charge in [0.1, 0.15) is 12.3 Å². The van der Waals surface area contributed by atoms with Crippen molar-refractivity contribution in [3.63, 3.8) is 0 Å². The monoisotopic (exact) mass is 374 g/mol. The quantitative estimate of drug-likeness (QED) is 0.676. The van der Waals surface area contributed by atoms with E-state index in [1.54, 1.807) is 18.2 Å². The number of tetrazole rings is 1. The van der Waals surface area contributed by atoms with E-state index in [1.807, 2.05) is 0 Å². The molecule has 4 rings (SSSR count). The summed E-state index contributed by atoms with van der Waals surface area (Å²) in [5.41, 5.74) is 2.30. The molecule has 140 valence electrons. The van der Waals surface area contributed by atoms with Gasteiger partial charge in [-0.25, -0.2) is 4.68 Å². The van der Waals surface area contributed by atoms with Crippen molar-refractivity contribution >= 4 is 0 Å². The smallest absolute Gasteiger partial charge is 0.387 e. The number of hydrogen-bond acceptors (Lipinski definition) is 6. The van der Waals surface area contributed by atoms with Gasteiger partial charge in [0.25, 0.3) is 5.56 Å². The summed E-state index contributed by atoms with van der Waals surface area (Å²) in [6.45, 7) is -2.78. The van der Waals surface area contributed by atoms with Gasteiger partial charge in [0.05, 0.1) is 11.4 Å². The van der Waals surface area contributed by atoms with Gasteiger partial charge in [-0.1, -0.05) is 0 Å². The van der Waals surface area contributed by atoms with Crippen LogP contribution in [0, 0.1) is 0 Å². The van der Waals surface area contributed by atoms with Crippen LogP contribution < -0.4 is 10.3 Å². The predicted molar refractivity (Wildman–Crippen MR) is 90.0 cm³/mol. The second-order valence-corrected chi connectivity index (χ2v) is 6.20. The summed E-state index contributed by atoms with van der Waals surface area (Å²) in [5, 5.41) is 16.0. The molecule has 8 nitrogen and oxygen atoms in total. The average Bonchev–Trinajstić information content (AvgIpc) is 3.11. The van der Waals surface area contributed by atoms with Crippen LogP contribution in [0.3, 0.4) is 0 Å². The van der Waals surface area contributed by atoms with Crippen LogP contribution in [0.1, 0.15) is 29.9 Å². The molecule has 0 amide bonds. The Labute approximate surface area is 152 Å². The SMILES string of the molecule is O=c1cc2c(nn1Cc1nnnn1-c1ccc(OC(F)F)cc1)CCCC2. The van der Waals surface area contributed by atoms with Crippen molar-refractivity contribution in [3.8, 4) is 11.4 Å². The number of aryl methyl sites for hydroxylation is 2. The van der Waals surface area contributed by atoms with Crippen LogP contribution in [0.5, 0.6) is 5.75 Å². The molecule has 0 aliphatic heterocycles. The Balaban J connectivity index is 1.60. The topological polar surface area (TPSA) is 87.7 Å². The Kier molecular flexibility index (Phi) is 4.61. The lowest BCUT2D eigenvalue weighted by atomic mass is 9.97. The zero-order valence-corrected chi connectivity index (χ0v) is 14.3. The summed E-state index contributed by atoms with van der Waals surface area (Å²) in [7, 11) is 0. The Morgan fingerprint density at radius 1 is 1.15 bits per heavy atom. The minimum atomic E-state index is -2.89. The summed E-state index contributed by atoms with van der Waals surface area (Å²) in [5.74, 6) is 0.443. The second-order valence-electron chi connectivity index (χ2n) is 6.20. The van der Waals surface area contributed by atoms with Crippen molar-refractivity contribution < 1.29 is 13.5 Å². The molecule has 0 bridgehead atoms. The first-order valence-corrected chi connectivity index (χ1v) is 8.52. The third kappa shape index (κ3) is 3.69. The van der Waals surface area contributed by atoms with Gasteiger partial charge in [-0.2, -0.15) is 18.6 Å². The van der Waals surface area contributed by atoms with Crippen LogP contribution in [0.15, 0.2) is 35.1 Å². The number of nitrogens with zero attached hydrogens (tertiary/aromatic N) is 6. The van der Waals surface area contributed by atoms with E-state index in [4.69, 9.17) is 0 Å². The molecule has 3 aromatic rings. The van der Waals surface area contributed by atoms with Crippen molar-refractivity contribution in [2.45, 2.75) is 38.8 Å². The maximum Gasteiger partial charge on any atom is 0.387 e. The lowest BCUT2D eigenvalue weighted by Gasteiger charge is -2.15. The molecule has 10 heteroatoms. The summed E-state index contributed by atoms with van der Waals surface area (Å²) in [6, 6.07) is 7.54. The molecule has 2 aromatic heterocycles. The van der Waals surface area contributed by atoms with Crippen LogP contribution in [0.4, 0.5) is 8.78 Å². The highest BCUT2D eigenvalue weighted by Gasteiger charge is 2.16. The lowest BCUT2D eigenvalue weighted by Crippen LogP contribution is -2.27. The zero-order valence-electron chi connectivity index (χ0n) is 14.3. The number of alkyl halides is 2. The predicted octanol–water partition coefficient (Wildman–Crippen LogP) is 1.75. The molecule has 0 saturated carbocycles. The fourth-order valence-corrected chi connectivity index (χ4v) is 3.12. The van der Waals surface area contributed by atoms with Crippen molar-refractivity contribution in [2.75, 3.05) is 0 Å². The highest BCUT2D eigenvalue weighted by atomic mass is 19.3. The third-order valence-corrected chi connectivity index (χ3v) is 4.41. The number of halogens is 2. The van der Waals surface area contributed by atoms with E-state index in [9.17, 15) is 13.6 Å². The first-order chi connectivity index (χ1) is 13.1. The van der Waals surface area contributed by atoms with E-state index in [2.05, 4.69) is 25.4 Å². The van der Waals surface area contributed by atoms with Gasteiger partial charge in [0.15, 0.2) is 5.82 Å². The number of fused-ring (bicyclic) bond motifs is 1. The number of benzene rings is 1. The van der Waals surface area contributed by atoms with Crippen LogP contribution >= 0.6 is 0 Å². The average molecular weight is 374 g/mol. The first-order valence-electron chi connectivity index (χ1n) is 8.52. The Morgan fingerprint density at radius 3 is 2.70 bits per heavy atom. The van der Waals surface area contributed by atoms with E-state index in [0.717, 1.165) is 36.9 Å². The highest BCUT2D eigenvalue weighted by Crippen LogP contribution is 2.19. The van der Waals surface area contributed by atoms with Crippen LogP contribution in [0.2, 0.25) is 0 Å². The van der Waals surface area contributed by atoms with Gasteiger partial charge in [-0.3, -0.25) is 4.79 Å². The van der Waals surface area contributed by atoms with Crippen molar-refractivity contribution in [2.24, 2.45) is 0 Å². The molecule has 0 spiro atoms. The molecule has 0 radical (unpaired) electrons. The van der Waals surface area contributed by atoms with Gasteiger partial charge in [0, 0.05) is 6.07 Å². The normalized spacial score (nSPS) is 13.6. The summed E-state index contributed by atoms with van der Waals surface area (Å²) >= 11 is 0. The van der Waals surface area contributed by atoms with Crippen molar-refractivity contribution in [3.05, 3.63) is 57.8 Å². The van der Waals surface area contributed by atoms with Gasteiger partial charge < -0.3 is 4.74 Å². The summed E-state index contributed by atoms with van der Waals surface area (Å²) in [4.78, 5) is 12.3. The number of hydrogen-bond donors (Lipinski definition) is 0. The Hall–Kier alpha value is -3.17. The number of aromatic nitrogens is 6. The molecule has 0 fully saturated rings. The van der Waals surface area contributed by atoms with Crippen LogP contribution in [-0.4, -0.2) is 36.6 Å². The Bertz CT molecular complexity index is 999. The summed E-state index contributed by atoms with van der Waals surface area (Å²) < 4.78 is 31.6. The minimum absolute atomic E-state index is 0.0379. The van der Waals surface area contributed by atoms with E-state index >= 15 is 0 Å². The molecular weight excluding hydrogens is 358 g/mol. The van der Waals surface area contributed by atoms with Crippen molar-refractivity contribution in [1.82, 2.24) is 30.0 Å². The standard InChI is InChI=1S/C17H16F2N6O2/c18-17(19)27-13-7-5-12(6-8-13)25-15(20-22-23-25)10-24-16(26)9-11-3-1-2-4-14(11)21-24/h5-9,17H,1-4,10H2. The van der Waals surface area contributed by atoms with E-state index < -0.39 is 6.61 Å². The number of rotatable bonds is 5. The van der Waals surface area contributed by atoms with E-state index in [1.165, 1.54) is 21.5 Å². The molecule has 0 atom stereocenters. The van der Waals surface area contributed by atoms with E-state index in [-0.39, 0.29) is 17.9 Å². The van der Waals surface area contributed by atoms with Gasteiger partial charge in [-0.15, -0.1) is 5.10 Å². The Morgan fingerprint density at radius 2 is 1.93 bits per heavy atom. The maximum absolute atomic E-state index is 12.3. The maximum atomic E-state index is 12.3. The molecule has 27 heavy (non-hydrogen) atoms. The fourth-order valence-electron chi connectivity index (χ4n) is 3.12. The summed E-state index contributed by atoms with van der Waals surface area (Å²) in [6.07, 6.45) is 3.86. The molecular formula is C17H16F2N6O2. The first kappa shape index (κ1) is 17.3. The largest absolute Gasteiger partial charge is 0.435 e. The molecule has 1 aromatic carbocycles. The molecule has 0 N–H and O–H groups in total. The highest BCUT2D eigenvalue weighted by molar-refractivity contribution is 5.37. The van der Waals surface area contributed by atoms with Crippen molar-refractivity contribution in [1.29, 1.82) is 0 Å². The zero-order chi connectivity index (χ0) is 18.8. The van der Waals surface area contributed by atoms with Crippen LogP contribution in [0.25, 0.3) is 5.69 Å². The minimum Gasteiger partial charge on any atom is -0.435 e. The van der Waals surface area contributed by atoms with Crippen LogP contribution in [-0.2, 0) is 19.4 Å². The lowest BCUT2D eigenvalue weighted by molar-refractivity contribution is -0.0498. The second kappa shape index (κ2) is 7.22. The third-order valence-electron chi connectivity index (χ3n) is 4.41. The fraction of sp³-hybridized carbons (Fsp3) is 0.353. The van der Waals surface area contributed by atoms with Gasteiger partial charge in [-0.05, 0) is 65.9 Å².